The first-order valence-electron chi connectivity index (χ1n) is 9.76. The molecule has 4 aromatic rings. The minimum Gasteiger partial charge on any atom is -0.354 e. The van der Waals surface area contributed by atoms with Crippen molar-refractivity contribution in [2.45, 2.75) is 25.8 Å². The fourth-order valence-electron chi connectivity index (χ4n) is 3.63. The van der Waals surface area contributed by atoms with E-state index >= 15 is 0 Å². The number of halogens is 2. The van der Waals surface area contributed by atoms with Crippen molar-refractivity contribution in [2.75, 3.05) is 0 Å². The number of hydrogen-bond donors (Lipinski definition) is 2. The largest absolute Gasteiger partial charge is 0.354 e. The van der Waals surface area contributed by atoms with Crippen molar-refractivity contribution in [1.82, 2.24) is 15.3 Å². The highest BCUT2D eigenvalue weighted by atomic mass is 19.1. The van der Waals surface area contributed by atoms with Crippen LogP contribution in [-0.2, 0) is 11.2 Å². The van der Waals surface area contributed by atoms with Crippen LogP contribution in [0.15, 0.2) is 67.0 Å². The maximum absolute atomic E-state index is 13.9. The number of amides is 1. The van der Waals surface area contributed by atoms with Gasteiger partial charge in [0.1, 0.15) is 11.6 Å². The van der Waals surface area contributed by atoms with Crippen LogP contribution >= 0.6 is 0 Å². The second-order valence-corrected chi connectivity index (χ2v) is 7.25. The average molecular weight is 405 g/mol. The Hall–Kier alpha value is -3.54. The van der Waals surface area contributed by atoms with Crippen molar-refractivity contribution in [3.8, 4) is 11.3 Å². The highest BCUT2D eigenvalue weighted by Gasteiger charge is 2.16. The second kappa shape index (κ2) is 8.45. The maximum atomic E-state index is 13.9. The van der Waals surface area contributed by atoms with E-state index in [1.165, 1.54) is 24.3 Å². The molecule has 2 N–H and O–H groups in total. The van der Waals surface area contributed by atoms with Crippen molar-refractivity contribution < 1.29 is 13.6 Å². The van der Waals surface area contributed by atoms with Gasteiger partial charge in [0.2, 0.25) is 5.91 Å². The minimum atomic E-state index is -0.343. The number of nitrogens with zero attached hydrogens (tertiary/aromatic N) is 1. The topological polar surface area (TPSA) is 57.8 Å². The van der Waals surface area contributed by atoms with Crippen molar-refractivity contribution in [1.29, 1.82) is 0 Å². The molecule has 1 amide bonds. The van der Waals surface area contributed by atoms with Crippen LogP contribution < -0.4 is 5.32 Å². The molecule has 0 radical (unpaired) electrons. The fourth-order valence-corrected chi connectivity index (χ4v) is 3.63. The summed E-state index contributed by atoms with van der Waals surface area (Å²) in [4.78, 5) is 19.8. The number of nitrogens with one attached hydrogen (secondary N) is 2. The summed E-state index contributed by atoms with van der Waals surface area (Å²) in [5, 5.41) is 3.71. The molecule has 1 atom stereocenters. The van der Waals surface area contributed by atoms with E-state index in [-0.39, 0.29) is 30.0 Å². The molecule has 0 unspecified atom stereocenters. The number of fused-ring (bicyclic) bond motifs is 1. The molecule has 0 aliphatic heterocycles. The summed E-state index contributed by atoms with van der Waals surface area (Å²) in [5.41, 5.74) is 4.14. The van der Waals surface area contributed by atoms with E-state index in [0.29, 0.717) is 6.42 Å². The monoisotopic (exact) mass is 405 g/mol. The number of carbonyl (C=O) groups excluding carboxylic acids is 1. The standard InChI is InChI=1S/C24H21F2N3O/c1-15(16-10-12-27-13-11-16)28-23(30)9-7-20-21-14-19(26)6-8-22(21)29-24(20)17-2-4-18(25)5-3-17/h2-6,8,10-15,29H,7,9H2,1H3,(H,28,30)/t15-/m1/s1. The first-order valence-corrected chi connectivity index (χ1v) is 9.76. The zero-order valence-corrected chi connectivity index (χ0v) is 16.5. The van der Waals surface area contributed by atoms with Crippen molar-refractivity contribution in [3.63, 3.8) is 0 Å². The molecule has 4 nitrogen and oxygen atoms in total. The lowest BCUT2D eigenvalue weighted by Gasteiger charge is -2.14. The summed E-state index contributed by atoms with van der Waals surface area (Å²) in [7, 11) is 0. The van der Waals surface area contributed by atoms with Gasteiger partial charge in [-0.25, -0.2) is 8.78 Å². The predicted molar refractivity (Wildman–Crippen MR) is 113 cm³/mol. The number of aromatic amines is 1. The third-order valence-electron chi connectivity index (χ3n) is 5.19. The Morgan fingerprint density at radius 1 is 1.03 bits per heavy atom. The van der Waals surface area contributed by atoms with E-state index < -0.39 is 0 Å². The molecule has 0 aliphatic carbocycles. The van der Waals surface area contributed by atoms with Gasteiger partial charge < -0.3 is 10.3 Å². The van der Waals surface area contributed by atoms with Crippen LogP contribution in [-0.4, -0.2) is 15.9 Å². The maximum Gasteiger partial charge on any atom is 0.220 e. The van der Waals surface area contributed by atoms with Crippen LogP contribution in [0.25, 0.3) is 22.2 Å². The Morgan fingerprint density at radius 2 is 1.73 bits per heavy atom. The number of benzene rings is 2. The summed E-state index contributed by atoms with van der Waals surface area (Å²) >= 11 is 0. The predicted octanol–water partition coefficient (Wildman–Crippen LogP) is 5.32. The van der Waals surface area contributed by atoms with Gasteiger partial charge in [-0.15, -0.1) is 0 Å². The first-order chi connectivity index (χ1) is 14.5. The molecule has 2 heterocycles. The number of rotatable bonds is 6. The fraction of sp³-hybridized carbons (Fsp3) is 0.167. The third kappa shape index (κ3) is 4.22. The quantitative estimate of drug-likeness (QED) is 0.456. The highest BCUT2D eigenvalue weighted by molar-refractivity contribution is 5.91. The molecule has 2 aromatic carbocycles. The van der Waals surface area contributed by atoms with E-state index in [2.05, 4.69) is 15.3 Å². The van der Waals surface area contributed by atoms with Gasteiger partial charge in [0, 0.05) is 35.4 Å². The molecule has 0 saturated carbocycles. The van der Waals surface area contributed by atoms with Gasteiger partial charge >= 0.3 is 0 Å². The number of carbonyl (C=O) groups is 1. The van der Waals surface area contributed by atoms with E-state index in [4.69, 9.17) is 0 Å². The molecule has 0 fully saturated rings. The smallest absolute Gasteiger partial charge is 0.220 e. The molecule has 0 saturated heterocycles. The number of H-pyrrole nitrogens is 1. The van der Waals surface area contributed by atoms with Gasteiger partial charge in [-0.1, -0.05) is 0 Å². The van der Waals surface area contributed by atoms with Crippen molar-refractivity contribution >= 4 is 16.8 Å². The van der Waals surface area contributed by atoms with E-state index in [0.717, 1.165) is 33.3 Å². The zero-order valence-electron chi connectivity index (χ0n) is 16.5. The highest BCUT2D eigenvalue weighted by Crippen LogP contribution is 2.32. The van der Waals surface area contributed by atoms with Crippen LogP contribution in [0.1, 0.15) is 30.5 Å². The normalized spacial score (nSPS) is 12.1. The Kier molecular flexibility index (Phi) is 5.57. The first kappa shape index (κ1) is 19.8. The second-order valence-electron chi connectivity index (χ2n) is 7.25. The minimum absolute atomic E-state index is 0.102. The number of aryl methyl sites for hydroxylation is 1. The van der Waals surface area contributed by atoms with Gasteiger partial charge in [0.05, 0.1) is 6.04 Å². The van der Waals surface area contributed by atoms with Crippen molar-refractivity contribution in [2.24, 2.45) is 0 Å². The Bertz CT molecular complexity index is 1170. The van der Waals surface area contributed by atoms with E-state index in [1.807, 2.05) is 19.1 Å². The number of pyridine rings is 1. The molecular weight excluding hydrogens is 384 g/mol. The van der Waals surface area contributed by atoms with Crippen LogP contribution in [0, 0.1) is 11.6 Å². The van der Waals surface area contributed by atoms with Gasteiger partial charge in [0.25, 0.3) is 0 Å². The summed E-state index contributed by atoms with van der Waals surface area (Å²) in [6.07, 6.45) is 4.04. The Morgan fingerprint density at radius 3 is 2.47 bits per heavy atom. The van der Waals surface area contributed by atoms with Crippen LogP contribution in [0.5, 0.6) is 0 Å². The summed E-state index contributed by atoms with van der Waals surface area (Å²) in [6.45, 7) is 1.91. The lowest BCUT2D eigenvalue weighted by atomic mass is 10.0. The Labute approximate surface area is 173 Å². The van der Waals surface area contributed by atoms with Gasteiger partial charge in [-0.2, -0.15) is 0 Å². The third-order valence-corrected chi connectivity index (χ3v) is 5.19. The molecule has 4 rings (SSSR count). The van der Waals surface area contributed by atoms with E-state index in [1.54, 1.807) is 30.6 Å². The Balaban J connectivity index is 1.58. The van der Waals surface area contributed by atoms with Crippen LogP contribution in [0.4, 0.5) is 8.78 Å². The molecule has 6 heteroatoms. The molecule has 152 valence electrons. The molecule has 2 aromatic heterocycles. The van der Waals surface area contributed by atoms with Crippen molar-refractivity contribution in [3.05, 3.63) is 89.8 Å². The van der Waals surface area contributed by atoms with E-state index in [9.17, 15) is 13.6 Å². The summed E-state index contributed by atoms with van der Waals surface area (Å²) in [5.74, 6) is -0.772. The number of aromatic nitrogens is 2. The van der Waals surface area contributed by atoms with Crippen LogP contribution in [0.2, 0.25) is 0 Å². The van der Waals surface area contributed by atoms with Gasteiger partial charge in [-0.05, 0) is 84.6 Å². The summed E-state index contributed by atoms with van der Waals surface area (Å²) in [6, 6.07) is 14.2. The molecule has 0 bridgehead atoms. The van der Waals surface area contributed by atoms with Crippen LogP contribution in [0.3, 0.4) is 0 Å². The summed E-state index contributed by atoms with van der Waals surface area (Å²) < 4.78 is 27.3. The molecule has 0 spiro atoms. The van der Waals surface area contributed by atoms with Gasteiger partial charge in [0.15, 0.2) is 0 Å². The number of hydrogen-bond acceptors (Lipinski definition) is 2. The average Bonchev–Trinajstić information content (AvgIpc) is 3.11. The van der Waals surface area contributed by atoms with Gasteiger partial charge in [-0.3, -0.25) is 9.78 Å². The molecule has 30 heavy (non-hydrogen) atoms. The lowest BCUT2D eigenvalue weighted by Crippen LogP contribution is -2.26. The SMILES string of the molecule is C[C@@H](NC(=O)CCc1c(-c2ccc(F)cc2)[nH]c2ccc(F)cc12)c1ccncc1. The lowest BCUT2D eigenvalue weighted by molar-refractivity contribution is -0.121. The zero-order chi connectivity index (χ0) is 21.1. The molecule has 0 aliphatic rings. The molecular formula is C24H21F2N3O.